The van der Waals surface area contributed by atoms with Crippen molar-refractivity contribution < 1.29 is 14.3 Å². The van der Waals surface area contributed by atoms with E-state index in [0.717, 1.165) is 16.8 Å². The quantitative estimate of drug-likeness (QED) is 0.723. The fourth-order valence-electron chi connectivity index (χ4n) is 3.63. The summed E-state index contributed by atoms with van der Waals surface area (Å²) in [7, 11) is 0. The highest BCUT2D eigenvalue weighted by atomic mass is 35.5. The number of anilines is 2. The van der Waals surface area contributed by atoms with E-state index in [1.807, 2.05) is 62.9 Å². The summed E-state index contributed by atoms with van der Waals surface area (Å²) in [6.07, 6.45) is 0. The molecule has 166 valence electrons. The number of amides is 2. The van der Waals surface area contributed by atoms with Crippen LogP contribution in [-0.4, -0.2) is 49.5 Å². The van der Waals surface area contributed by atoms with Crippen molar-refractivity contribution in [2.75, 3.05) is 43.0 Å². The van der Waals surface area contributed by atoms with Crippen LogP contribution in [0.3, 0.4) is 0 Å². The molecule has 0 unspecified atom stereocenters. The van der Waals surface area contributed by atoms with Crippen molar-refractivity contribution in [3.8, 4) is 5.75 Å². The van der Waals surface area contributed by atoms with Crippen LogP contribution in [0.2, 0.25) is 5.02 Å². The Morgan fingerprint density at radius 1 is 1.10 bits per heavy atom. The molecule has 6 nitrogen and oxygen atoms in total. The van der Waals surface area contributed by atoms with Crippen LogP contribution in [0, 0.1) is 19.8 Å². The van der Waals surface area contributed by atoms with E-state index in [1.54, 1.807) is 6.07 Å². The van der Waals surface area contributed by atoms with E-state index >= 15 is 0 Å². The van der Waals surface area contributed by atoms with Gasteiger partial charge in [-0.2, -0.15) is 0 Å². The lowest BCUT2D eigenvalue weighted by Gasteiger charge is -2.37. The second-order valence-electron chi connectivity index (χ2n) is 8.16. The maximum Gasteiger partial charge on any atom is 0.262 e. The van der Waals surface area contributed by atoms with Crippen LogP contribution in [0.4, 0.5) is 11.4 Å². The highest BCUT2D eigenvalue weighted by Crippen LogP contribution is 2.30. The lowest BCUT2D eigenvalue weighted by atomic mass is 10.1. The SMILES string of the molecule is Cc1cccc(OCC(=O)Nc2cc(Cl)ccc2N2CCN(C(=O)C(C)C)CC2)c1C. The standard InChI is InChI=1S/C24H30ClN3O3/c1-16(2)24(30)28-12-10-27(11-13-28)21-9-8-19(25)14-20(21)26-23(29)15-31-22-7-5-6-17(3)18(22)4/h5-9,14,16H,10-13,15H2,1-4H3,(H,26,29). The summed E-state index contributed by atoms with van der Waals surface area (Å²) in [6.45, 7) is 10.4. The molecule has 0 bridgehead atoms. The maximum absolute atomic E-state index is 12.6. The van der Waals surface area contributed by atoms with Crippen LogP contribution in [-0.2, 0) is 9.59 Å². The van der Waals surface area contributed by atoms with Gasteiger partial charge in [-0.25, -0.2) is 0 Å². The average Bonchev–Trinajstić information content (AvgIpc) is 2.74. The normalized spacial score (nSPS) is 14.0. The molecule has 0 atom stereocenters. The van der Waals surface area contributed by atoms with Crippen molar-refractivity contribution >= 4 is 34.8 Å². The molecule has 2 aromatic rings. The zero-order valence-corrected chi connectivity index (χ0v) is 19.3. The summed E-state index contributed by atoms with van der Waals surface area (Å²) in [5.41, 5.74) is 3.67. The molecule has 0 saturated carbocycles. The van der Waals surface area contributed by atoms with Gasteiger partial charge in [0.2, 0.25) is 5.91 Å². The summed E-state index contributed by atoms with van der Waals surface area (Å²) in [5, 5.41) is 3.48. The number of nitrogens with one attached hydrogen (secondary N) is 1. The van der Waals surface area contributed by atoms with E-state index < -0.39 is 0 Å². The lowest BCUT2D eigenvalue weighted by molar-refractivity contribution is -0.134. The first-order chi connectivity index (χ1) is 14.8. The van der Waals surface area contributed by atoms with Crippen LogP contribution < -0.4 is 15.0 Å². The number of carbonyl (C=O) groups excluding carboxylic acids is 2. The smallest absolute Gasteiger partial charge is 0.262 e. The zero-order chi connectivity index (χ0) is 22.5. The largest absolute Gasteiger partial charge is 0.483 e. The van der Waals surface area contributed by atoms with Gasteiger partial charge in [-0.05, 0) is 49.2 Å². The van der Waals surface area contributed by atoms with Crippen LogP contribution in [0.15, 0.2) is 36.4 Å². The highest BCUT2D eigenvalue weighted by molar-refractivity contribution is 6.31. The zero-order valence-electron chi connectivity index (χ0n) is 18.6. The third kappa shape index (κ3) is 5.70. The Kier molecular flexibility index (Phi) is 7.44. The van der Waals surface area contributed by atoms with Gasteiger partial charge in [0.05, 0.1) is 11.4 Å². The number of aryl methyl sites for hydroxylation is 1. The van der Waals surface area contributed by atoms with Crippen LogP contribution in [0.25, 0.3) is 0 Å². The first-order valence-corrected chi connectivity index (χ1v) is 11.0. The van der Waals surface area contributed by atoms with Crippen molar-refractivity contribution in [3.05, 3.63) is 52.5 Å². The predicted molar refractivity (Wildman–Crippen MR) is 125 cm³/mol. The summed E-state index contributed by atoms with van der Waals surface area (Å²) >= 11 is 6.20. The summed E-state index contributed by atoms with van der Waals surface area (Å²) in [5.74, 6) is 0.618. The third-order valence-corrected chi connectivity index (χ3v) is 5.81. The number of nitrogens with zero attached hydrogens (tertiary/aromatic N) is 2. The number of benzene rings is 2. The van der Waals surface area contributed by atoms with Crippen LogP contribution in [0.1, 0.15) is 25.0 Å². The average molecular weight is 444 g/mol. The Morgan fingerprint density at radius 3 is 2.48 bits per heavy atom. The number of ether oxygens (including phenoxy) is 1. The first kappa shape index (κ1) is 22.9. The molecule has 1 fully saturated rings. The second kappa shape index (κ2) is 10.1. The Balaban J connectivity index is 1.65. The molecule has 1 N–H and O–H groups in total. The molecule has 1 saturated heterocycles. The van der Waals surface area contributed by atoms with Gasteiger partial charge in [-0.1, -0.05) is 37.6 Å². The van der Waals surface area contributed by atoms with Gasteiger partial charge in [0, 0.05) is 37.1 Å². The van der Waals surface area contributed by atoms with E-state index in [1.165, 1.54) is 0 Å². The molecule has 3 rings (SSSR count). The molecule has 1 aliphatic rings. The van der Waals surface area contributed by atoms with Gasteiger partial charge < -0.3 is 19.9 Å². The van der Waals surface area contributed by atoms with Gasteiger partial charge in [0.1, 0.15) is 5.75 Å². The minimum Gasteiger partial charge on any atom is -0.483 e. The molecule has 2 aromatic carbocycles. The number of carbonyl (C=O) groups is 2. The predicted octanol–water partition coefficient (Wildman–Crippen LogP) is 4.28. The van der Waals surface area contributed by atoms with Crippen molar-refractivity contribution in [1.82, 2.24) is 4.90 Å². The molecule has 0 aromatic heterocycles. The van der Waals surface area contributed by atoms with Crippen LogP contribution in [0.5, 0.6) is 5.75 Å². The van der Waals surface area contributed by atoms with Crippen LogP contribution >= 0.6 is 11.6 Å². The number of hydrogen-bond acceptors (Lipinski definition) is 4. The lowest BCUT2D eigenvalue weighted by Crippen LogP contribution is -2.50. The fourth-order valence-corrected chi connectivity index (χ4v) is 3.80. The maximum atomic E-state index is 12.6. The molecule has 0 spiro atoms. The van der Waals surface area contributed by atoms with E-state index in [4.69, 9.17) is 16.3 Å². The third-order valence-electron chi connectivity index (χ3n) is 5.57. The van der Waals surface area contributed by atoms with Gasteiger partial charge in [0.25, 0.3) is 5.91 Å². The van der Waals surface area contributed by atoms with Gasteiger partial charge in [-0.3, -0.25) is 9.59 Å². The molecule has 0 aliphatic carbocycles. The van der Waals surface area contributed by atoms with E-state index in [-0.39, 0.29) is 24.3 Å². The molecular formula is C24H30ClN3O3. The number of halogens is 1. The Hall–Kier alpha value is -2.73. The highest BCUT2D eigenvalue weighted by Gasteiger charge is 2.24. The summed E-state index contributed by atoms with van der Waals surface area (Å²) < 4.78 is 5.73. The summed E-state index contributed by atoms with van der Waals surface area (Å²) in [6, 6.07) is 11.2. The number of hydrogen-bond donors (Lipinski definition) is 1. The van der Waals surface area contributed by atoms with E-state index in [2.05, 4.69) is 10.2 Å². The molecule has 31 heavy (non-hydrogen) atoms. The first-order valence-electron chi connectivity index (χ1n) is 10.6. The van der Waals surface area contributed by atoms with Gasteiger partial charge in [0.15, 0.2) is 6.61 Å². The Labute approximate surface area is 189 Å². The van der Waals surface area contributed by atoms with Crippen molar-refractivity contribution in [2.24, 2.45) is 5.92 Å². The Morgan fingerprint density at radius 2 is 1.81 bits per heavy atom. The Bertz CT molecular complexity index is 953. The monoisotopic (exact) mass is 443 g/mol. The molecule has 1 heterocycles. The van der Waals surface area contributed by atoms with Crippen molar-refractivity contribution in [1.29, 1.82) is 0 Å². The number of piperazine rings is 1. The summed E-state index contributed by atoms with van der Waals surface area (Å²) in [4.78, 5) is 28.9. The van der Waals surface area contributed by atoms with Gasteiger partial charge >= 0.3 is 0 Å². The molecule has 1 aliphatic heterocycles. The molecule has 2 amide bonds. The van der Waals surface area contributed by atoms with Crippen molar-refractivity contribution in [3.63, 3.8) is 0 Å². The molecule has 7 heteroatoms. The number of rotatable bonds is 6. The topological polar surface area (TPSA) is 61.9 Å². The molecular weight excluding hydrogens is 414 g/mol. The molecule has 0 radical (unpaired) electrons. The minimum absolute atomic E-state index is 0.00558. The second-order valence-corrected chi connectivity index (χ2v) is 8.60. The minimum atomic E-state index is -0.252. The fraction of sp³-hybridized carbons (Fsp3) is 0.417. The van der Waals surface area contributed by atoms with E-state index in [0.29, 0.717) is 42.6 Å². The van der Waals surface area contributed by atoms with E-state index in [9.17, 15) is 9.59 Å². The van der Waals surface area contributed by atoms with Gasteiger partial charge in [-0.15, -0.1) is 0 Å². The van der Waals surface area contributed by atoms with Crippen molar-refractivity contribution in [2.45, 2.75) is 27.7 Å².